The lowest BCUT2D eigenvalue weighted by atomic mass is 9.99. The molecule has 1 rings (SSSR count). The van der Waals surface area contributed by atoms with Crippen molar-refractivity contribution in [2.24, 2.45) is 11.7 Å². The average Bonchev–Trinajstić information content (AvgIpc) is 2.38. The van der Waals surface area contributed by atoms with E-state index in [1.165, 1.54) is 6.07 Å². The van der Waals surface area contributed by atoms with Crippen LogP contribution in [-0.4, -0.2) is 11.9 Å². The molecule has 0 radical (unpaired) electrons. The van der Waals surface area contributed by atoms with Crippen LogP contribution < -0.4 is 11.1 Å². The minimum atomic E-state index is -0.559. The molecule has 4 nitrogen and oxygen atoms in total. The molecule has 0 aliphatic heterocycles. The van der Waals surface area contributed by atoms with Crippen molar-refractivity contribution in [2.45, 2.75) is 26.3 Å². The first-order valence-corrected chi connectivity index (χ1v) is 6.13. The molecule has 0 aliphatic carbocycles. The number of rotatable bonds is 4. The van der Waals surface area contributed by atoms with Crippen molar-refractivity contribution in [1.29, 1.82) is 5.26 Å². The average molecular weight is 266 g/mol. The van der Waals surface area contributed by atoms with E-state index in [0.29, 0.717) is 16.3 Å². The number of nitrogens with zero attached hydrogens (tertiary/aromatic N) is 1. The Kier molecular flexibility index (Phi) is 5.14. The van der Waals surface area contributed by atoms with Crippen LogP contribution in [0, 0.1) is 17.2 Å². The molecule has 0 aliphatic rings. The standard InChI is InChI=1S/C13H16ClN3O/c1-3-8(2)12(16)13(18)17-10-4-5-11(14)9(6-10)7-15/h4-6,8,12H,3,16H2,1-2H3,(H,17,18)/t8?,12-/m0/s1. The van der Waals surface area contributed by atoms with Gasteiger partial charge >= 0.3 is 0 Å². The van der Waals surface area contributed by atoms with Gasteiger partial charge in [0.05, 0.1) is 16.6 Å². The van der Waals surface area contributed by atoms with E-state index in [2.05, 4.69) is 5.32 Å². The predicted molar refractivity (Wildman–Crippen MR) is 72.2 cm³/mol. The number of carbonyl (C=O) groups is 1. The van der Waals surface area contributed by atoms with E-state index in [-0.39, 0.29) is 11.8 Å². The second kappa shape index (κ2) is 6.39. The molecule has 2 atom stereocenters. The minimum absolute atomic E-state index is 0.104. The predicted octanol–water partition coefficient (Wildman–Crippen LogP) is 2.52. The first-order chi connectivity index (χ1) is 8.49. The van der Waals surface area contributed by atoms with E-state index in [1.807, 2.05) is 19.9 Å². The van der Waals surface area contributed by atoms with Crippen LogP contribution >= 0.6 is 11.6 Å². The number of halogens is 1. The van der Waals surface area contributed by atoms with Crippen LogP contribution in [0.3, 0.4) is 0 Å². The van der Waals surface area contributed by atoms with Crippen molar-refractivity contribution < 1.29 is 4.79 Å². The maximum Gasteiger partial charge on any atom is 0.241 e. The summed E-state index contributed by atoms with van der Waals surface area (Å²) >= 11 is 5.81. The third kappa shape index (κ3) is 3.46. The number of anilines is 1. The Bertz CT molecular complexity index is 482. The summed E-state index contributed by atoms with van der Waals surface area (Å²) in [5.74, 6) is -0.150. The molecule has 0 aromatic heterocycles. The summed E-state index contributed by atoms with van der Waals surface area (Å²) in [6.45, 7) is 3.90. The van der Waals surface area contributed by atoms with Gasteiger partial charge in [0, 0.05) is 5.69 Å². The van der Waals surface area contributed by atoms with Gasteiger partial charge in [-0.05, 0) is 24.1 Å². The number of amides is 1. The van der Waals surface area contributed by atoms with Crippen molar-refractivity contribution in [1.82, 2.24) is 0 Å². The molecular formula is C13H16ClN3O. The van der Waals surface area contributed by atoms with E-state index in [1.54, 1.807) is 12.1 Å². The van der Waals surface area contributed by atoms with E-state index in [0.717, 1.165) is 6.42 Å². The lowest BCUT2D eigenvalue weighted by Crippen LogP contribution is -2.40. The molecule has 3 N–H and O–H groups in total. The van der Waals surface area contributed by atoms with E-state index in [9.17, 15) is 4.79 Å². The molecule has 96 valence electrons. The Morgan fingerprint density at radius 3 is 2.83 bits per heavy atom. The molecule has 0 saturated carbocycles. The van der Waals surface area contributed by atoms with Crippen LogP contribution in [0.2, 0.25) is 5.02 Å². The van der Waals surface area contributed by atoms with Gasteiger partial charge in [-0.1, -0.05) is 31.9 Å². The van der Waals surface area contributed by atoms with Crippen LogP contribution in [0.15, 0.2) is 18.2 Å². The molecule has 1 unspecified atom stereocenters. The van der Waals surface area contributed by atoms with E-state index >= 15 is 0 Å². The molecule has 0 saturated heterocycles. The zero-order valence-electron chi connectivity index (χ0n) is 10.4. The zero-order chi connectivity index (χ0) is 13.7. The summed E-state index contributed by atoms with van der Waals surface area (Å²) in [5.41, 5.74) is 6.67. The van der Waals surface area contributed by atoms with Gasteiger partial charge in [0.2, 0.25) is 5.91 Å². The number of hydrogen-bond acceptors (Lipinski definition) is 3. The first kappa shape index (κ1) is 14.5. The quantitative estimate of drug-likeness (QED) is 0.878. The van der Waals surface area contributed by atoms with Gasteiger partial charge in [0.25, 0.3) is 0 Å². The Labute approximate surface area is 112 Å². The normalized spacial score (nSPS) is 13.5. The van der Waals surface area contributed by atoms with E-state index in [4.69, 9.17) is 22.6 Å². The highest BCUT2D eigenvalue weighted by molar-refractivity contribution is 6.31. The van der Waals surface area contributed by atoms with Crippen molar-refractivity contribution in [2.75, 3.05) is 5.32 Å². The van der Waals surface area contributed by atoms with Crippen molar-refractivity contribution in [3.63, 3.8) is 0 Å². The maximum atomic E-state index is 11.8. The van der Waals surface area contributed by atoms with Gasteiger partial charge in [0.1, 0.15) is 6.07 Å². The van der Waals surface area contributed by atoms with Crippen LogP contribution in [-0.2, 0) is 4.79 Å². The van der Waals surface area contributed by atoms with Crippen molar-refractivity contribution >= 4 is 23.2 Å². The smallest absolute Gasteiger partial charge is 0.241 e. The fraction of sp³-hybridized carbons (Fsp3) is 0.385. The molecule has 0 fully saturated rings. The highest BCUT2D eigenvalue weighted by atomic mass is 35.5. The highest BCUT2D eigenvalue weighted by Crippen LogP contribution is 2.20. The second-order valence-corrected chi connectivity index (χ2v) is 4.61. The molecule has 5 heteroatoms. The summed E-state index contributed by atoms with van der Waals surface area (Å²) in [6, 6.07) is 6.15. The van der Waals surface area contributed by atoms with Crippen LogP contribution in [0.4, 0.5) is 5.69 Å². The van der Waals surface area contributed by atoms with Gasteiger partial charge in [-0.2, -0.15) is 5.26 Å². The highest BCUT2D eigenvalue weighted by Gasteiger charge is 2.19. The van der Waals surface area contributed by atoms with E-state index < -0.39 is 6.04 Å². The summed E-state index contributed by atoms with van der Waals surface area (Å²) in [4.78, 5) is 11.8. The number of nitrogens with two attached hydrogens (primary N) is 1. The van der Waals surface area contributed by atoms with Crippen LogP contribution in [0.25, 0.3) is 0 Å². The fourth-order valence-electron chi connectivity index (χ4n) is 1.43. The monoisotopic (exact) mass is 265 g/mol. The molecule has 0 heterocycles. The Balaban J connectivity index is 2.80. The number of nitrogens with one attached hydrogen (secondary N) is 1. The molecule has 1 amide bonds. The van der Waals surface area contributed by atoms with Gasteiger partial charge in [-0.15, -0.1) is 0 Å². The van der Waals surface area contributed by atoms with Gasteiger partial charge in [-0.25, -0.2) is 0 Å². The van der Waals surface area contributed by atoms with Crippen LogP contribution in [0.5, 0.6) is 0 Å². The minimum Gasteiger partial charge on any atom is -0.325 e. The summed E-state index contributed by atoms with van der Waals surface area (Å²) in [5, 5.41) is 11.9. The van der Waals surface area contributed by atoms with Crippen molar-refractivity contribution in [3.8, 4) is 6.07 Å². The largest absolute Gasteiger partial charge is 0.325 e. The number of nitriles is 1. The number of hydrogen-bond donors (Lipinski definition) is 2. The van der Waals surface area contributed by atoms with Gasteiger partial charge < -0.3 is 11.1 Å². The Morgan fingerprint density at radius 1 is 1.61 bits per heavy atom. The van der Waals surface area contributed by atoms with Crippen molar-refractivity contribution in [3.05, 3.63) is 28.8 Å². The first-order valence-electron chi connectivity index (χ1n) is 5.75. The maximum absolute atomic E-state index is 11.8. The molecule has 0 bridgehead atoms. The number of benzene rings is 1. The third-order valence-corrected chi connectivity index (χ3v) is 3.24. The fourth-order valence-corrected chi connectivity index (χ4v) is 1.59. The van der Waals surface area contributed by atoms with Crippen LogP contribution in [0.1, 0.15) is 25.8 Å². The Morgan fingerprint density at radius 2 is 2.28 bits per heavy atom. The molecule has 0 spiro atoms. The molecule has 1 aromatic carbocycles. The second-order valence-electron chi connectivity index (χ2n) is 4.21. The summed E-state index contributed by atoms with van der Waals surface area (Å²) in [7, 11) is 0. The van der Waals surface area contributed by atoms with Gasteiger partial charge in [-0.3, -0.25) is 4.79 Å². The molecule has 1 aromatic rings. The topological polar surface area (TPSA) is 78.9 Å². The molecule has 18 heavy (non-hydrogen) atoms. The third-order valence-electron chi connectivity index (χ3n) is 2.91. The SMILES string of the molecule is CCC(C)[C@H](N)C(=O)Nc1ccc(Cl)c(C#N)c1. The number of carbonyl (C=O) groups excluding carboxylic acids is 1. The van der Waals surface area contributed by atoms with Gasteiger partial charge in [0.15, 0.2) is 0 Å². The Hall–Kier alpha value is -1.57. The summed E-state index contributed by atoms with van der Waals surface area (Å²) in [6.07, 6.45) is 0.832. The lowest BCUT2D eigenvalue weighted by Gasteiger charge is -2.17. The zero-order valence-corrected chi connectivity index (χ0v) is 11.2. The summed E-state index contributed by atoms with van der Waals surface area (Å²) < 4.78 is 0. The molecular weight excluding hydrogens is 250 g/mol. The lowest BCUT2D eigenvalue weighted by molar-refractivity contribution is -0.118.